The summed E-state index contributed by atoms with van der Waals surface area (Å²) in [5.41, 5.74) is 6.99. The number of hydrogen-bond acceptors (Lipinski definition) is 4. The molecule has 6 aromatic carbocycles. The SMILES string of the molecule is CC(C)(C)c1cc(C(=Nc2ccccc2)c2ccccc2F)c(O)c(C(C)(C)C)c1.CC(C)(C)c1cc(C(=Nc2ccccc2)c2ccccc2F)c(O)c(C(C)(C)C)c1.[Cl][Zr][Cl]. The van der Waals surface area contributed by atoms with Crippen LogP contribution in [0, 0.1) is 11.6 Å². The van der Waals surface area contributed by atoms with Crippen LogP contribution in [0.5, 0.6) is 11.5 Å². The van der Waals surface area contributed by atoms with Crippen molar-refractivity contribution in [1.82, 2.24) is 0 Å². The Hall–Kier alpha value is -4.42. The molecule has 0 aromatic heterocycles. The van der Waals surface area contributed by atoms with Crippen molar-refractivity contribution in [3.63, 3.8) is 0 Å². The van der Waals surface area contributed by atoms with Gasteiger partial charge >= 0.3 is 37.9 Å². The molecule has 9 heteroatoms. The van der Waals surface area contributed by atoms with Crippen LogP contribution in [-0.2, 0) is 42.5 Å². The van der Waals surface area contributed by atoms with E-state index in [-0.39, 0.29) is 44.8 Å². The van der Waals surface area contributed by atoms with Crippen molar-refractivity contribution in [1.29, 1.82) is 0 Å². The molecule has 0 aliphatic rings. The van der Waals surface area contributed by atoms with Gasteiger partial charge < -0.3 is 10.2 Å². The number of aliphatic imine (C=N–C) groups is 2. The number of halogens is 4. The summed E-state index contributed by atoms with van der Waals surface area (Å²) in [7, 11) is 9.87. The molecular weight excluding hydrogens is 909 g/mol. The Bertz CT molecular complexity index is 2350. The van der Waals surface area contributed by atoms with Crippen LogP contribution >= 0.6 is 17.0 Å². The second-order valence-corrected chi connectivity index (χ2v) is 23.2. The van der Waals surface area contributed by atoms with Crippen LogP contribution in [0.25, 0.3) is 0 Å². The first-order valence-electron chi connectivity index (χ1n) is 20.9. The van der Waals surface area contributed by atoms with Crippen LogP contribution in [0.1, 0.15) is 128 Å². The number of phenols is 2. The number of benzene rings is 6. The van der Waals surface area contributed by atoms with Gasteiger partial charge in [-0.15, -0.1) is 0 Å². The summed E-state index contributed by atoms with van der Waals surface area (Å²) in [4.78, 5) is 9.57. The molecule has 6 aromatic rings. The van der Waals surface area contributed by atoms with E-state index in [9.17, 15) is 19.0 Å². The Morgan fingerprint density at radius 1 is 0.429 bits per heavy atom. The number of para-hydroxylation sites is 2. The van der Waals surface area contributed by atoms with Crippen molar-refractivity contribution in [2.24, 2.45) is 9.98 Å². The van der Waals surface area contributed by atoms with Gasteiger partial charge in [0, 0.05) is 33.4 Å². The van der Waals surface area contributed by atoms with Gasteiger partial charge in [-0.1, -0.05) is 156 Å². The number of rotatable bonds is 6. The third kappa shape index (κ3) is 13.8. The molecule has 0 amide bonds. The fourth-order valence-corrected chi connectivity index (χ4v) is 6.74. The summed E-state index contributed by atoms with van der Waals surface area (Å²) in [6.07, 6.45) is 0. The molecule has 0 aliphatic carbocycles. The Morgan fingerprint density at radius 2 is 0.714 bits per heavy atom. The average molecular weight is 969 g/mol. The molecular formula is C54H60Cl2F2N2O2Zr. The summed E-state index contributed by atoms with van der Waals surface area (Å²) in [6.45, 7) is 25.2. The molecule has 0 heterocycles. The first-order chi connectivity index (χ1) is 29.4. The summed E-state index contributed by atoms with van der Waals surface area (Å²) in [6, 6.07) is 40.0. The maximum atomic E-state index is 14.9. The molecule has 0 fully saturated rings. The standard InChI is InChI=1S/2C27H30FNO.2ClH.Zr/c2*1-26(2,3)18-16-21(25(30)22(17-18)27(4,5)6)24(20-14-10-11-15-23(20)28)29-19-12-8-7-9-13-19;;;/h2*7-17,30H,1-6H3;2*1H;/q;;;;+2/p-2. The number of hydrogen-bond donors (Lipinski definition) is 2. The molecule has 0 radical (unpaired) electrons. The van der Waals surface area contributed by atoms with Crippen molar-refractivity contribution in [3.8, 4) is 11.5 Å². The van der Waals surface area contributed by atoms with Gasteiger partial charge in [-0.3, -0.25) is 0 Å². The molecule has 4 nitrogen and oxygen atoms in total. The molecule has 0 saturated carbocycles. The minimum atomic E-state index is -0.826. The normalized spacial score (nSPS) is 12.4. The summed E-state index contributed by atoms with van der Waals surface area (Å²) in [5, 5.41) is 22.6. The van der Waals surface area contributed by atoms with Gasteiger partial charge in [-0.25, -0.2) is 18.8 Å². The maximum absolute atomic E-state index is 14.9. The van der Waals surface area contributed by atoms with E-state index in [1.165, 1.54) is 12.1 Å². The van der Waals surface area contributed by atoms with Crippen molar-refractivity contribution in [2.75, 3.05) is 0 Å². The van der Waals surface area contributed by atoms with E-state index < -0.39 is 20.8 Å². The second kappa shape index (κ2) is 21.5. The van der Waals surface area contributed by atoms with Crippen molar-refractivity contribution in [2.45, 2.75) is 105 Å². The fourth-order valence-electron chi connectivity index (χ4n) is 6.74. The van der Waals surface area contributed by atoms with Crippen LogP contribution in [0.3, 0.4) is 0 Å². The van der Waals surface area contributed by atoms with Gasteiger partial charge in [0.05, 0.1) is 22.8 Å². The third-order valence-corrected chi connectivity index (χ3v) is 10.3. The predicted octanol–water partition coefficient (Wildman–Crippen LogP) is 16.0. The van der Waals surface area contributed by atoms with Crippen LogP contribution in [0.2, 0.25) is 0 Å². The Morgan fingerprint density at radius 3 is 0.984 bits per heavy atom. The molecule has 0 unspecified atom stereocenters. The molecule has 330 valence electrons. The van der Waals surface area contributed by atoms with Gasteiger partial charge in [-0.2, -0.15) is 0 Å². The van der Waals surface area contributed by atoms with Crippen molar-refractivity contribution < 1.29 is 39.8 Å². The Kier molecular flexibility index (Phi) is 17.5. The van der Waals surface area contributed by atoms with E-state index in [1.54, 1.807) is 36.4 Å². The average Bonchev–Trinajstić information content (AvgIpc) is 3.20. The molecule has 6 rings (SSSR count). The molecule has 0 aliphatic heterocycles. The van der Waals surface area contributed by atoms with E-state index in [1.807, 2.05) is 72.8 Å². The molecule has 2 N–H and O–H groups in total. The Balaban J connectivity index is 0.000000260. The van der Waals surface area contributed by atoms with Crippen molar-refractivity contribution in [3.05, 3.63) is 190 Å². The van der Waals surface area contributed by atoms with Crippen LogP contribution in [-0.4, -0.2) is 21.6 Å². The van der Waals surface area contributed by atoms with E-state index in [0.717, 1.165) is 22.3 Å². The van der Waals surface area contributed by atoms with E-state index in [4.69, 9.17) is 27.0 Å². The van der Waals surface area contributed by atoms with Gasteiger partial charge in [0.25, 0.3) is 0 Å². The molecule has 63 heavy (non-hydrogen) atoms. The minimum absolute atomic E-state index is 0.143. The van der Waals surface area contributed by atoms with Gasteiger partial charge in [0.15, 0.2) is 0 Å². The number of aromatic hydroxyl groups is 2. The van der Waals surface area contributed by atoms with Gasteiger partial charge in [-0.05, 0) is 93.5 Å². The van der Waals surface area contributed by atoms with Crippen LogP contribution in [0.4, 0.5) is 20.2 Å². The molecule has 0 saturated heterocycles. The zero-order valence-corrected chi connectivity index (χ0v) is 42.5. The topological polar surface area (TPSA) is 65.2 Å². The fraction of sp³-hybridized carbons (Fsp3) is 0.296. The zero-order valence-electron chi connectivity index (χ0n) is 38.5. The number of nitrogens with zero attached hydrogens (tertiary/aromatic N) is 2. The van der Waals surface area contributed by atoms with E-state index in [2.05, 4.69) is 95.2 Å². The van der Waals surface area contributed by atoms with Crippen molar-refractivity contribution >= 4 is 39.8 Å². The zero-order chi connectivity index (χ0) is 46.9. The van der Waals surface area contributed by atoms with Gasteiger partial charge in [0.1, 0.15) is 23.1 Å². The van der Waals surface area contributed by atoms with E-state index in [0.29, 0.717) is 45.1 Å². The Labute approximate surface area is 392 Å². The molecule has 0 spiro atoms. The van der Waals surface area contributed by atoms with Crippen LogP contribution in [0.15, 0.2) is 143 Å². The summed E-state index contributed by atoms with van der Waals surface area (Å²) >= 11 is -0.826. The van der Waals surface area contributed by atoms with Crippen LogP contribution < -0.4 is 0 Å². The predicted molar refractivity (Wildman–Crippen MR) is 259 cm³/mol. The van der Waals surface area contributed by atoms with Gasteiger partial charge in [0.2, 0.25) is 0 Å². The third-order valence-electron chi connectivity index (χ3n) is 10.3. The summed E-state index contributed by atoms with van der Waals surface area (Å²) in [5.74, 6) is -0.447. The summed E-state index contributed by atoms with van der Waals surface area (Å²) < 4.78 is 29.7. The molecule has 0 atom stereocenters. The second-order valence-electron chi connectivity index (χ2n) is 19.5. The van der Waals surface area contributed by atoms with E-state index >= 15 is 0 Å². The monoisotopic (exact) mass is 966 g/mol. The molecule has 0 bridgehead atoms. The first-order valence-corrected chi connectivity index (χ1v) is 27.2. The quantitative estimate of drug-likeness (QED) is 0.163. The number of phenolic OH excluding ortho intramolecular Hbond substituents is 2. The first kappa shape index (κ1) is 51.2.